The van der Waals surface area contributed by atoms with Crippen LogP contribution in [0.15, 0.2) is 29.2 Å². The summed E-state index contributed by atoms with van der Waals surface area (Å²) in [4.78, 5) is 14.4. The molecule has 1 heterocycles. The summed E-state index contributed by atoms with van der Waals surface area (Å²) in [6.45, 7) is 4.08. The molecule has 1 saturated heterocycles. The van der Waals surface area contributed by atoms with Crippen molar-refractivity contribution in [1.29, 1.82) is 0 Å². The van der Waals surface area contributed by atoms with Crippen molar-refractivity contribution in [3.05, 3.63) is 29.8 Å². The van der Waals surface area contributed by atoms with E-state index in [4.69, 9.17) is 10.7 Å². The van der Waals surface area contributed by atoms with Gasteiger partial charge < -0.3 is 4.90 Å². The summed E-state index contributed by atoms with van der Waals surface area (Å²) in [7, 11) is 1.51. The molecule has 0 aromatic heterocycles. The molecule has 6 heteroatoms. The number of carbonyl (C=O) groups is 1. The molecule has 2 unspecified atom stereocenters. The molecule has 1 amide bonds. The first kappa shape index (κ1) is 15.3. The van der Waals surface area contributed by atoms with Crippen LogP contribution in [-0.2, 0) is 9.05 Å². The molecule has 0 radical (unpaired) electrons. The Kier molecular flexibility index (Phi) is 4.39. The van der Waals surface area contributed by atoms with Crippen LogP contribution in [-0.4, -0.2) is 31.3 Å². The van der Waals surface area contributed by atoms with Crippen molar-refractivity contribution in [2.24, 2.45) is 0 Å². The highest BCUT2D eigenvalue weighted by Gasteiger charge is 2.33. The standard InChI is InChI=1S/C14H18ClNO3S/c1-3-12-8-7-10(2)16(12)14(17)11-5-4-6-13(9-11)20(15,18)19/h4-6,9-10,12H,3,7-8H2,1-2H3. The van der Waals surface area contributed by atoms with Crippen molar-refractivity contribution in [2.75, 3.05) is 0 Å². The number of carbonyl (C=O) groups excluding carboxylic acids is 1. The number of hydrogen-bond donors (Lipinski definition) is 0. The second kappa shape index (κ2) is 5.74. The predicted molar refractivity (Wildman–Crippen MR) is 78.4 cm³/mol. The first-order valence-electron chi connectivity index (χ1n) is 6.72. The van der Waals surface area contributed by atoms with E-state index in [0.717, 1.165) is 19.3 Å². The summed E-state index contributed by atoms with van der Waals surface area (Å²) < 4.78 is 22.7. The van der Waals surface area contributed by atoms with Crippen LogP contribution in [0.4, 0.5) is 0 Å². The summed E-state index contributed by atoms with van der Waals surface area (Å²) in [6, 6.07) is 6.33. The van der Waals surface area contributed by atoms with E-state index in [1.165, 1.54) is 12.1 Å². The van der Waals surface area contributed by atoms with E-state index in [9.17, 15) is 13.2 Å². The normalized spacial score (nSPS) is 23.1. The lowest BCUT2D eigenvalue weighted by Gasteiger charge is -2.28. The highest BCUT2D eigenvalue weighted by Crippen LogP contribution is 2.28. The Bertz CT molecular complexity index is 615. The second-order valence-electron chi connectivity index (χ2n) is 5.17. The summed E-state index contributed by atoms with van der Waals surface area (Å²) in [5, 5.41) is 0. The van der Waals surface area contributed by atoms with Crippen LogP contribution in [0.1, 0.15) is 43.5 Å². The van der Waals surface area contributed by atoms with Crippen LogP contribution < -0.4 is 0 Å². The average Bonchev–Trinajstić information content (AvgIpc) is 2.78. The van der Waals surface area contributed by atoms with Gasteiger partial charge in [-0.15, -0.1) is 0 Å². The Balaban J connectivity index is 2.34. The van der Waals surface area contributed by atoms with E-state index in [2.05, 4.69) is 6.92 Å². The van der Waals surface area contributed by atoms with Gasteiger partial charge >= 0.3 is 0 Å². The largest absolute Gasteiger partial charge is 0.333 e. The average molecular weight is 316 g/mol. The summed E-state index contributed by atoms with van der Waals surface area (Å²) in [5.41, 5.74) is 0.374. The minimum Gasteiger partial charge on any atom is -0.333 e. The van der Waals surface area contributed by atoms with Crippen LogP contribution in [0.5, 0.6) is 0 Å². The number of benzene rings is 1. The van der Waals surface area contributed by atoms with Gasteiger partial charge in [-0.1, -0.05) is 13.0 Å². The molecule has 1 aliphatic heterocycles. The second-order valence-corrected chi connectivity index (χ2v) is 7.73. The number of likely N-dealkylation sites (tertiary alicyclic amines) is 1. The number of amides is 1. The third-order valence-electron chi connectivity index (χ3n) is 3.85. The lowest BCUT2D eigenvalue weighted by Crippen LogP contribution is -2.39. The molecule has 1 aromatic rings. The van der Waals surface area contributed by atoms with Crippen LogP contribution >= 0.6 is 10.7 Å². The van der Waals surface area contributed by atoms with Gasteiger partial charge in [0.2, 0.25) is 0 Å². The van der Waals surface area contributed by atoms with Crippen molar-refractivity contribution in [3.8, 4) is 0 Å². The molecule has 1 aliphatic rings. The molecule has 4 nitrogen and oxygen atoms in total. The summed E-state index contributed by atoms with van der Waals surface area (Å²) >= 11 is 0. The van der Waals surface area contributed by atoms with Crippen molar-refractivity contribution in [1.82, 2.24) is 4.90 Å². The molecular formula is C14H18ClNO3S. The number of hydrogen-bond acceptors (Lipinski definition) is 3. The van der Waals surface area contributed by atoms with Gasteiger partial charge in [-0.05, 0) is 44.4 Å². The van der Waals surface area contributed by atoms with Gasteiger partial charge in [0.15, 0.2) is 0 Å². The molecule has 0 N–H and O–H groups in total. The molecule has 0 aliphatic carbocycles. The van der Waals surface area contributed by atoms with E-state index in [1.807, 2.05) is 11.8 Å². The van der Waals surface area contributed by atoms with Gasteiger partial charge in [0.05, 0.1) is 4.90 Å². The lowest BCUT2D eigenvalue weighted by molar-refractivity contribution is 0.0676. The SMILES string of the molecule is CCC1CCC(C)N1C(=O)c1cccc(S(=O)(=O)Cl)c1. The van der Waals surface area contributed by atoms with E-state index >= 15 is 0 Å². The number of rotatable bonds is 3. The minimum absolute atomic E-state index is 0.0371. The number of nitrogens with zero attached hydrogens (tertiary/aromatic N) is 1. The predicted octanol–water partition coefficient (Wildman–Crippen LogP) is 3.02. The molecule has 1 fully saturated rings. The van der Waals surface area contributed by atoms with Crippen molar-refractivity contribution in [3.63, 3.8) is 0 Å². The zero-order valence-electron chi connectivity index (χ0n) is 11.5. The van der Waals surface area contributed by atoms with Gasteiger partial charge in [-0.25, -0.2) is 8.42 Å². The molecule has 0 saturated carbocycles. The smallest absolute Gasteiger partial charge is 0.261 e. The van der Waals surface area contributed by atoms with E-state index in [1.54, 1.807) is 12.1 Å². The quantitative estimate of drug-likeness (QED) is 0.806. The third-order valence-corrected chi connectivity index (χ3v) is 5.21. The van der Waals surface area contributed by atoms with Crippen molar-refractivity contribution >= 4 is 25.6 Å². The Labute approximate surface area is 124 Å². The zero-order valence-corrected chi connectivity index (χ0v) is 13.1. The van der Waals surface area contributed by atoms with E-state index in [0.29, 0.717) is 5.56 Å². The van der Waals surface area contributed by atoms with Crippen LogP contribution in [0, 0.1) is 0 Å². The fraction of sp³-hybridized carbons (Fsp3) is 0.500. The van der Waals surface area contributed by atoms with Crippen LogP contribution in [0.2, 0.25) is 0 Å². The molecule has 0 bridgehead atoms. The minimum atomic E-state index is -3.81. The van der Waals surface area contributed by atoms with Crippen molar-refractivity contribution < 1.29 is 13.2 Å². The van der Waals surface area contributed by atoms with Gasteiger partial charge in [-0.2, -0.15) is 0 Å². The molecule has 110 valence electrons. The first-order valence-corrected chi connectivity index (χ1v) is 9.03. The first-order chi connectivity index (χ1) is 9.34. The monoisotopic (exact) mass is 315 g/mol. The summed E-state index contributed by atoms with van der Waals surface area (Å²) in [5.74, 6) is -0.121. The highest BCUT2D eigenvalue weighted by molar-refractivity contribution is 8.13. The highest BCUT2D eigenvalue weighted by atomic mass is 35.7. The molecule has 20 heavy (non-hydrogen) atoms. The van der Waals surface area contributed by atoms with Gasteiger partial charge in [0.1, 0.15) is 0 Å². The number of halogens is 1. The topological polar surface area (TPSA) is 54.5 Å². The van der Waals surface area contributed by atoms with Crippen molar-refractivity contribution in [2.45, 2.75) is 50.1 Å². The Morgan fingerprint density at radius 3 is 2.70 bits per heavy atom. The Morgan fingerprint density at radius 2 is 2.10 bits per heavy atom. The van der Waals surface area contributed by atoms with Gasteiger partial charge in [0, 0.05) is 28.3 Å². The fourth-order valence-electron chi connectivity index (χ4n) is 2.77. The van der Waals surface area contributed by atoms with E-state index in [-0.39, 0.29) is 22.9 Å². The maximum atomic E-state index is 12.6. The molecule has 0 spiro atoms. The molecular weight excluding hydrogens is 298 g/mol. The Hall–Kier alpha value is -1.07. The summed E-state index contributed by atoms with van der Waals surface area (Å²) in [6.07, 6.45) is 2.89. The molecule has 2 rings (SSSR count). The maximum Gasteiger partial charge on any atom is 0.261 e. The zero-order chi connectivity index (χ0) is 14.9. The van der Waals surface area contributed by atoms with E-state index < -0.39 is 9.05 Å². The third kappa shape index (κ3) is 2.99. The van der Waals surface area contributed by atoms with Crippen LogP contribution in [0.25, 0.3) is 0 Å². The Morgan fingerprint density at radius 1 is 1.40 bits per heavy atom. The molecule has 2 atom stereocenters. The van der Waals surface area contributed by atoms with Gasteiger partial charge in [0.25, 0.3) is 15.0 Å². The molecule has 1 aromatic carbocycles. The van der Waals surface area contributed by atoms with Crippen LogP contribution in [0.3, 0.4) is 0 Å². The van der Waals surface area contributed by atoms with Gasteiger partial charge in [-0.3, -0.25) is 4.79 Å². The lowest BCUT2D eigenvalue weighted by atomic mass is 10.1. The fourth-order valence-corrected chi connectivity index (χ4v) is 3.57. The maximum absolute atomic E-state index is 12.6.